The van der Waals surface area contributed by atoms with Crippen molar-refractivity contribution in [1.82, 2.24) is 5.32 Å². The van der Waals surface area contributed by atoms with E-state index in [1.54, 1.807) is 0 Å². The van der Waals surface area contributed by atoms with Crippen LogP contribution in [0.25, 0.3) is 0 Å². The molecule has 0 aromatic heterocycles. The van der Waals surface area contributed by atoms with E-state index in [2.05, 4.69) is 33.0 Å². The lowest BCUT2D eigenvalue weighted by molar-refractivity contribution is -0.170. The fourth-order valence-electron chi connectivity index (χ4n) is 6.19. The van der Waals surface area contributed by atoms with Crippen LogP contribution in [0.1, 0.15) is 66.2 Å². The molecular formula is C17H29NO. The molecule has 2 heteroatoms. The highest BCUT2D eigenvalue weighted by molar-refractivity contribution is 5.83. The number of amides is 1. The zero-order valence-corrected chi connectivity index (χ0v) is 13.0. The van der Waals surface area contributed by atoms with E-state index in [1.165, 1.54) is 19.3 Å². The van der Waals surface area contributed by atoms with Crippen LogP contribution in [0.4, 0.5) is 0 Å². The molecule has 0 heterocycles. The average Bonchev–Trinajstić information content (AvgIpc) is 2.20. The van der Waals surface area contributed by atoms with Gasteiger partial charge < -0.3 is 5.32 Å². The summed E-state index contributed by atoms with van der Waals surface area (Å²) >= 11 is 0. The molecule has 0 spiro atoms. The molecule has 4 saturated carbocycles. The van der Waals surface area contributed by atoms with E-state index in [-0.39, 0.29) is 5.41 Å². The number of carbonyl (C=O) groups excluding carboxylic acids is 1. The molecule has 4 aliphatic carbocycles. The highest BCUT2D eigenvalue weighted by Gasteiger charge is 2.62. The lowest BCUT2D eigenvalue weighted by Crippen LogP contribution is -2.60. The van der Waals surface area contributed by atoms with Gasteiger partial charge in [0.1, 0.15) is 0 Å². The van der Waals surface area contributed by atoms with Crippen LogP contribution in [-0.2, 0) is 4.79 Å². The van der Waals surface area contributed by atoms with Gasteiger partial charge in [-0.15, -0.1) is 0 Å². The first kappa shape index (κ1) is 13.5. The zero-order valence-electron chi connectivity index (χ0n) is 13.0. The number of carbonyl (C=O) groups is 1. The predicted octanol–water partition coefficient (Wildman–Crippen LogP) is 3.76. The first-order valence-electron chi connectivity index (χ1n) is 8.03. The molecule has 2 atom stereocenters. The van der Waals surface area contributed by atoms with E-state index < -0.39 is 0 Å². The second-order valence-electron chi connectivity index (χ2n) is 9.01. The van der Waals surface area contributed by atoms with Crippen molar-refractivity contribution in [3.8, 4) is 0 Å². The molecule has 4 rings (SSSR count). The Balaban J connectivity index is 1.82. The molecule has 4 aliphatic rings. The molecule has 0 radical (unpaired) electrons. The average molecular weight is 263 g/mol. The number of rotatable bonds is 3. The van der Waals surface area contributed by atoms with Gasteiger partial charge in [-0.3, -0.25) is 4.79 Å². The van der Waals surface area contributed by atoms with E-state index >= 15 is 0 Å². The Morgan fingerprint density at radius 1 is 1.11 bits per heavy atom. The molecule has 1 amide bonds. The first-order valence-corrected chi connectivity index (χ1v) is 8.03. The van der Waals surface area contributed by atoms with Gasteiger partial charge in [0.15, 0.2) is 0 Å². The van der Waals surface area contributed by atoms with Crippen molar-refractivity contribution in [3.05, 3.63) is 0 Å². The smallest absolute Gasteiger partial charge is 0.226 e. The SMILES string of the molecule is CC(C)CNC(=O)C12CC3CC(C)(CC(C)(C3)C1)C2. The van der Waals surface area contributed by atoms with Gasteiger partial charge in [0.05, 0.1) is 5.41 Å². The minimum absolute atomic E-state index is 0.0300. The van der Waals surface area contributed by atoms with Crippen LogP contribution < -0.4 is 5.32 Å². The van der Waals surface area contributed by atoms with Gasteiger partial charge in [0, 0.05) is 6.54 Å². The number of hydrogen-bond acceptors (Lipinski definition) is 1. The molecule has 4 fully saturated rings. The molecule has 0 saturated heterocycles. The van der Waals surface area contributed by atoms with Gasteiger partial charge in [-0.25, -0.2) is 0 Å². The molecule has 0 aromatic rings. The van der Waals surface area contributed by atoms with Crippen LogP contribution in [-0.4, -0.2) is 12.5 Å². The maximum Gasteiger partial charge on any atom is 0.226 e. The van der Waals surface area contributed by atoms with Crippen LogP contribution in [0.2, 0.25) is 0 Å². The van der Waals surface area contributed by atoms with Crippen LogP contribution in [0, 0.1) is 28.1 Å². The largest absolute Gasteiger partial charge is 0.355 e. The van der Waals surface area contributed by atoms with Gasteiger partial charge in [-0.1, -0.05) is 27.7 Å². The zero-order chi connectivity index (χ0) is 13.9. The summed E-state index contributed by atoms with van der Waals surface area (Å²) in [5.41, 5.74) is 0.838. The summed E-state index contributed by atoms with van der Waals surface area (Å²) < 4.78 is 0. The van der Waals surface area contributed by atoms with Crippen molar-refractivity contribution in [2.75, 3.05) is 6.54 Å². The van der Waals surface area contributed by atoms with Crippen molar-refractivity contribution < 1.29 is 4.79 Å². The van der Waals surface area contributed by atoms with Crippen molar-refractivity contribution >= 4 is 5.91 Å². The second-order valence-corrected chi connectivity index (χ2v) is 9.01. The van der Waals surface area contributed by atoms with E-state index in [9.17, 15) is 4.79 Å². The second kappa shape index (κ2) is 3.99. The highest BCUT2D eigenvalue weighted by atomic mass is 16.2. The molecule has 4 bridgehead atoms. The van der Waals surface area contributed by atoms with Crippen LogP contribution >= 0.6 is 0 Å². The lowest BCUT2D eigenvalue weighted by atomic mass is 9.40. The fourth-order valence-corrected chi connectivity index (χ4v) is 6.19. The Bertz CT molecular complexity index is 382. The van der Waals surface area contributed by atoms with E-state index in [1.807, 2.05) is 0 Å². The van der Waals surface area contributed by atoms with Crippen LogP contribution in [0.15, 0.2) is 0 Å². The Kier molecular flexibility index (Phi) is 2.82. The summed E-state index contributed by atoms with van der Waals surface area (Å²) in [4.78, 5) is 12.8. The summed E-state index contributed by atoms with van der Waals surface area (Å²) in [6.45, 7) is 10.0. The van der Waals surface area contributed by atoms with Gasteiger partial charge >= 0.3 is 0 Å². The minimum atomic E-state index is -0.0300. The minimum Gasteiger partial charge on any atom is -0.355 e. The summed E-state index contributed by atoms with van der Waals surface area (Å²) in [7, 11) is 0. The molecule has 19 heavy (non-hydrogen) atoms. The monoisotopic (exact) mass is 263 g/mol. The molecular weight excluding hydrogens is 234 g/mol. The van der Waals surface area contributed by atoms with Gasteiger partial charge in [-0.2, -0.15) is 0 Å². The third-order valence-corrected chi connectivity index (χ3v) is 5.78. The molecule has 1 N–H and O–H groups in total. The number of nitrogens with one attached hydrogen (secondary N) is 1. The Morgan fingerprint density at radius 2 is 1.68 bits per heavy atom. The third kappa shape index (κ3) is 2.21. The van der Waals surface area contributed by atoms with Gasteiger partial charge in [0.2, 0.25) is 5.91 Å². The molecule has 108 valence electrons. The molecule has 2 nitrogen and oxygen atoms in total. The Hall–Kier alpha value is -0.530. The summed E-state index contributed by atoms with van der Waals surface area (Å²) in [6, 6.07) is 0. The maximum absolute atomic E-state index is 12.8. The van der Waals surface area contributed by atoms with Gasteiger partial charge in [-0.05, 0) is 61.2 Å². The molecule has 0 aliphatic heterocycles. The van der Waals surface area contributed by atoms with Crippen LogP contribution in [0.3, 0.4) is 0 Å². The fraction of sp³-hybridized carbons (Fsp3) is 0.941. The van der Waals surface area contributed by atoms with Gasteiger partial charge in [0.25, 0.3) is 0 Å². The van der Waals surface area contributed by atoms with E-state index in [0.29, 0.717) is 22.7 Å². The Morgan fingerprint density at radius 3 is 2.16 bits per heavy atom. The topological polar surface area (TPSA) is 29.1 Å². The highest BCUT2D eigenvalue weighted by Crippen LogP contribution is 2.69. The summed E-state index contributed by atoms with van der Waals surface area (Å²) in [5, 5.41) is 3.23. The lowest BCUT2D eigenvalue weighted by Gasteiger charge is -2.64. The molecule has 2 unspecified atom stereocenters. The van der Waals surface area contributed by atoms with E-state index in [0.717, 1.165) is 31.7 Å². The standard InChI is InChI=1S/C17H29NO/c1-12(2)8-18-14(19)17-7-13-5-15(3,10-17)9-16(4,6-13)11-17/h12-13H,5-11H2,1-4H3,(H,18,19). The molecule has 0 aromatic carbocycles. The summed E-state index contributed by atoms with van der Waals surface area (Å²) in [5.74, 6) is 1.71. The normalized spacial score (nSPS) is 47.7. The number of hydrogen-bond donors (Lipinski definition) is 1. The third-order valence-electron chi connectivity index (χ3n) is 5.78. The Labute approximate surface area is 117 Å². The van der Waals surface area contributed by atoms with E-state index in [4.69, 9.17) is 0 Å². The van der Waals surface area contributed by atoms with Crippen LogP contribution in [0.5, 0.6) is 0 Å². The predicted molar refractivity (Wildman–Crippen MR) is 77.7 cm³/mol. The quantitative estimate of drug-likeness (QED) is 0.825. The first-order chi connectivity index (χ1) is 8.74. The van der Waals surface area contributed by atoms with Crippen molar-refractivity contribution in [1.29, 1.82) is 0 Å². The van der Waals surface area contributed by atoms with Crippen molar-refractivity contribution in [2.24, 2.45) is 28.1 Å². The van der Waals surface area contributed by atoms with Crippen molar-refractivity contribution in [2.45, 2.75) is 66.2 Å². The maximum atomic E-state index is 12.8. The van der Waals surface area contributed by atoms with Crippen molar-refractivity contribution in [3.63, 3.8) is 0 Å². The summed E-state index contributed by atoms with van der Waals surface area (Å²) in [6.07, 6.45) is 7.49.